The van der Waals surface area contributed by atoms with Gasteiger partial charge in [0, 0.05) is 56.0 Å². The number of carbonyl (C=O) groups excluding carboxylic acids is 2. The van der Waals surface area contributed by atoms with Crippen LogP contribution in [0.25, 0.3) is 16.9 Å². The second-order valence-electron chi connectivity index (χ2n) is 19.3. The molecule has 1 saturated heterocycles. The molecular formula is C44H63N7O5Si. The van der Waals surface area contributed by atoms with Crippen LogP contribution in [0.1, 0.15) is 98.6 Å². The second kappa shape index (κ2) is 16.0. The minimum Gasteiger partial charge on any atom is -0.444 e. The molecule has 57 heavy (non-hydrogen) atoms. The number of anilines is 2. The second-order valence-corrected chi connectivity index (χ2v) is 24.1. The van der Waals surface area contributed by atoms with E-state index in [1.165, 1.54) is 0 Å². The molecule has 0 N–H and O–H groups in total. The third-order valence-corrected chi connectivity index (χ3v) is 15.6. The van der Waals surface area contributed by atoms with Gasteiger partial charge in [0.15, 0.2) is 14.0 Å². The number of hydrogen-bond donors (Lipinski definition) is 0. The van der Waals surface area contributed by atoms with E-state index < -0.39 is 25.6 Å². The van der Waals surface area contributed by atoms with Gasteiger partial charge in [0.05, 0.1) is 24.5 Å². The summed E-state index contributed by atoms with van der Waals surface area (Å²) in [5.74, 6) is 1.79. The van der Waals surface area contributed by atoms with Crippen LogP contribution in [0.3, 0.4) is 0 Å². The van der Waals surface area contributed by atoms with Crippen LogP contribution in [-0.4, -0.2) is 89.0 Å². The number of nitrogens with zero attached hydrogens (tertiary/aromatic N) is 7. The summed E-state index contributed by atoms with van der Waals surface area (Å²) >= 11 is 0. The minimum atomic E-state index is -2.22. The molecule has 0 radical (unpaired) electrons. The quantitative estimate of drug-likeness (QED) is 0.145. The topological polar surface area (TPSA) is 115 Å². The first-order chi connectivity index (χ1) is 26.6. The van der Waals surface area contributed by atoms with E-state index >= 15 is 0 Å². The molecule has 12 nitrogen and oxygen atoms in total. The number of amides is 2. The van der Waals surface area contributed by atoms with Gasteiger partial charge in [-0.1, -0.05) is 51.1 Å². The van der Waals surface area contributed by atoms with Crippen molar-refractivity contribution in [3.8, 4) is 11.3 Å². The van der Waals surface area contributed by atoms with Crippen molar-refractivity contribution in [2.24, 2.45) is 5.92 Å². The van der Waals surface area contributed by atoms with Crippen LogP contribution >= 0.6 is 0 Å². The van der Waals surface area contributed by atoms with E-state index in [1.807, 2.05) is 103 Å². The number of aromatic nitrogens is 4. The lowest BCUT2D eigenvalue weighted by Crippen LogP contribution is -2.55. The van der Waals surface area contributed by atoms with Crippen molar-refractivity contribution in [2.45, 2.75) is 129 Å². The predicted molar refractivity (Wildman–Crippen MR) is 228 cm³/mol. The number of likely N-dealkylation sites (tertiary alicyclic amines) is 1. The van der Waals surface area contributed by atoms with Crippen LogP contribution in [0.2, 0.25) is 18.1 Å². The number of rotatable bonds is 10. The Morgan fingerprint density at radius 1 is 0.912 bits per heavy atom. The third-order valence-electron chi connectivity index (χ3n) is 11.1. The van der Waals surface area contributed by atoms with Crippen LogP contribution in [-0.2, 0) is 20.4 Å². The van der Waals surface area contributed by atoms with Crippen LogP contribution < -0.4 is 9.80 Å². The Morgan fingerprint density at radius 2 is 1.60 bits per heavy atom. The zero-order valence-corrected chi connectivity index (χ0v) is 37.1. The normalized spacial score (nSPS) is 18.1. The molecule has 2 fully saturated rings. The highest BCUT2D eigenvalue weighted by molar-refractivity contribution is 6.74. The molecule has 3 aromatic heterocycles. The van der Waals surface area contributed by atoms with Crippen LogP contribution in [0.15, 0.2) is 60.9 Å². The molecule has 2 aliphatic rings. The Hall–Kier alpha value is -4.49. The van der Waals surface area contributed by atoms with E-state index in [0.717, 1.165) is 53.1 Å². The summed E-state index contributed by atoms with van der Waals surface area (Å²) in [7, 11) is -0.169. The number of pyridine rings is 1. The maximum Gasteiger partial charge on any atom is 0.416 e. The average Bonchev–Trinajstić information content (AvgIpc) is 3.87. The van der Waals surface area contributed by atoms with Crippen LogP contribution in [0.4, 0.5) is 21.2 Å². The van der Waals surface area contributed by atoms with Gasteiger partial charge in [0.1, 0.15) is 22.8 Å². The highest BCUT2D eigenvalue weighted by atomic mass is 28.4. The molecule has 4 heterocycles. The number of piperidine rings is 1. The Balaban J connectivity index is 1.35. The summed E-state index contributed by atoms with van der Waals surface area (Å²) in [6, 6.07) is 15.9. The van der Waals surface area contributed by atoms with Crippen LogP contribution in [0, 0.1) is 5.92 Å². The summed E-state index contributed by atoms with van der Waals surface area (Å²) in [5.41, 5.74) is 3.32. The summed E-state index contributed by atoms with van der Waals surface area (Å²) in [5, 5.41) is 4.82. The minimum absolute atomic E-state index is 0.00969. The van der Waals surface area contributed by atoms with Crippen molar-refractivity contribution in [1.29, 1.82) is 0 Å². The van der Waals surface area contributed by atoms with Crippen molar-refractivity contribution in [2.75, 3.05) is 36.5 Å². The van der Waals surface area contributed by atoms with Gasteiger partial charge in [-0.05, 0) is 103 Å². The molecule has 2 amide bonds. The van der Waals surface area contributed by atoms with Gasteiger partial charge in [0.25, 0.3) is 0 Å². The number of ether oxygens (including phenoxy) is 2. The Labute approximate surface area is 340 Å². The molecular weight excluding hydrogens is 735 g/mol. The van der Waals surface area contributed by atoms with Gasteiger partial charge in [-0.25, -0.2) is 14.6 Å². The Morgan fingerprint density at radius 3 is 2.19 bits per heavy atom. The van der Waals surface area contributed by atoms with E-state index in [9.17, 15) is 9.59 Å². The standard InChI is InChI=1S/C44H63N7O5Si/c1-42(2,3)54-40(52)49-24-22-33(36(29-49)56-57(11,12)44(7,8)9)28-48(10)37-25-38(51-39(47-37)34(26-46-51)31-20-21-31)50(41(53)55-43(4,5)6)27-30-16-18-32(19-17-30)35-15-13-14-23-45-35/h13-19,23,25-26,31,33,36H,20-22,24,27-29H2,1-12H3/t33-,36+/m1/s1. The molecule has 1 aliphatic heterocycles. The van der Waals surface area contributed by atoms with E-state index in [2.05, 4.69) is 43.7 Å². The lowest BCUT2D eigenvalue weighted by Gasteiger charge is -2.46. The molecule has 1 aliphatic carbocycles. The zero-order valence-electron chi connectivity index (χ0n) is 36.1. The van der Waals surface area contributed by atoms with Crippen molar-refractivity contribution >= 4 is 37.8 Å². The first-order valence-electron chi connectivity index (χ1n) is 20.3. The molecule has 308 valence electrons. The number of benzene rings is 1. The maximum absolute atomic E-state index is 14.2. The molecule has 0 bridgehead atoms. The van der Waals surface area contributed by atoms with Gasteiger partial charge >= 0.3 is 12.2 Å². The molecule has 0 spiro atoms. The molecule has 0 unspecified atom stereocenters. The lowest BCUT2D eigenvalue weighted by molar-refractivity contribution is -0.00764. The molecule has 1 saturated carbocycles. The largest absolute Gasteiger partial charge is 0.444 e. The SMILES string of the molecule is CN(C[C@H]1CCN(C(=O)OC(C)(C)C)C[C@@H]1O[Si](C)(C)C(C)(C)C)c1cc(N(Cc2ccc(-c3ccccn3)cc2)C(=O)OC(C)(C)C)n2ncc(C3CC3)c2n1. The Bertz CT molecular complexity index is 2030. The van der Waals surface area contributed by atoms with Crippen molar-refractivity contribution in [3.05, 3.63) is 72.1 Å². The van der Waals surface area contributed by atoms with Crippen LogP contribution in [0.5, 0.6) is 0 Å². The van der Waals surface area contributed by atoms with E-state index in [0.29, 0.717) is 31.4 Å². The fourth-order valence-electron chi connectivity index (χ4n) is 6.88. The summed E-state index contributed by atoms with van der Waals surface area (Å²) < 4.78 is 20.8. The number of fused-ring (bicyclic) bond motifs is 1. The summed E-state index contributed by atoms with van der Waals surface area (Å²) in [4.78, 5) is 42.9. The van der Waals surface area contributed by atoms with Gasteiger partial charge in [-0.2, -0.15) is 9.61 Å². The fourth-order valence-corrected chi connectivity index (χ4v) is 8.25. The molecule has 1 aromatic carbocycles. The number of carbonyl (C=O) groups is 2. The third kappa shape index (κ3) is 10.3. The predicted octanol–water partition coefficient (Wildman–Crippen LogP) is 9.69. The maximum atomic E-state index is 14.2. The van der Waals surface area contributed by atoms with Crippen molar-refractivity contribution in [3.63, 3.8) is 0 Å². The Kier molecular flexibility index (Phi) is 11.9. The van der Waals surface area contributed by atoms with E-state index in [4.69, 9.17) is 24.0 Å². The van der Waals surface area contributed by atoms with Gasteiger partial charge < -0.3 is 23.7 Å². The highest BCUT2D eigenvalue weighted by Crippen LogP contribution is 2.43. The molecule has 13 heteroatoms. The molecule has 6 rings (SSSR count). The van der Waals surface area contributed by atoms with E-state index in [-0.39, 0.29) is 29.7 Å². The van der Waals surface area contributed by atoms with Crippen molar-refractivity contribution in [1.82, 2.24) is 24.5 Å². The monoisotopic (exact) mass is 797 g/mol. The first-order valence-corrected chi connectivity index (χ1v) is 23.3. The highest BCUT2D eigenvalue weighted by Gasteiger charge is 2.44. The number of hydrogen-bond acceptors (Lipinski definition) is 9. The summed E-state index contributed by atoms with van der Waals surface area (Å²) in [6.07, 6.45) is 5.62. The smallest absolute Gasteiger partial charge is 0.416 e. The summed E-state index contributed by atoms with van der Waals surface area (Å²) in [6.45, 7) is 24.5. The zero-order chi connectivity index (χ0) is 41.5. The van der Waals surface area contributed by atoms with E-state index in [1.54, 1.807) is 20.5 Å². The average molecular weight is 798 g/mol. The van der Waals surface area contributed by atoms with Gasteiger partial charge in [0.2, 0.25) is 0 Å². The molecule has 2 atom stereocenters. The van der Waals surface area contributed by atoms with Gasteiger partial charge in [-0.15, -0.1) is 0 Å². The van der Waals surface area contributed by atoms with Crippen molar-refractivity contribution < 1.29 is 23.5 Å². The van der Waals surface area contributed by atoms with Gasteiger partial charge in [-0.3, -0.25) is 9.88 Å². The first kappa shape index (κ1) is 42.1. The lowest BCUT2D eigenvalue weighted by atomic mass is 9.93. The molecule has 4 aromatic rings. The fraction of sp³-hybridized carbons (Fsp3) is 0.568.